The van der Waals surface area contributed by atoms with Crippen LogP contribution in [0.4, 0.5) is 9.18 Å². The predicted molar refractivity (Wildman–Crippen MR) is 71.8 cm³/mol. The molecule has 2 N–H and O–H groups in total. The molecule has 1 atom stereocenters. The average molecular weight is 320 g/mol. The number of hydrogen-bond acceptors (Lipinski definition) is 6. The van der Waals surface area contributed by atoms with Gasteiger partial charge in [0.1, 0.15) is 11.4 Å². The molecule has 0 radical (unpaired) electrons. The summed E-state index contributed by atoms with van der Waals surface area (Å²) in [5.41, 5.74) is -0.828. The Kier molecular flexibility index (Phi) is 5.18. The molecule has 0 spiro atoms. The molecule has 0 saturated carbocycles. The van der Waals surface area contributed by atoms with E-state index in [-0.39, 0.29) is 5.82 Å². The van der Waals surface area contributed by atoms with Crippen LogP contribution in [-0.2, 0) is 14.9 Å². The first-order chi connectivity index (χ1) is 9.48. The number of nitrogens with zero attached hydrogens (tertiary/aromatic N) is 2. The third-order valence-corrected chi connectivity index (χ3v) is 3.08. The molecule has 1 amide bonds. The highest BCUT2D eigenvalue weighted by atomic mass is 32.2. The molecule has 21 heavy (non-hydrogen) atoms. The fourth-order valence-electron chi connectivity index (χ4n) is 1.27. The van der Waals surface area contributed by atoms with Gasteiger partial charge in [-0.05, 0) is 27.7 Å². The van der Waals surface area contributed by atoms with Crippen molar-refractivity contribution in [3.63, 3.8) is 0 Å². The van der Waals surface area contributed by atoms with Crippen LogP contribution in [0.15, 0.2) is 12.4 Å². The number of aromatic nitrogens is 2. The summed E-state index contributed by atoms with van der Waals surface area (Å²) in [7, 11) is -4.16. The number of rotatable bonds is 4. The SMILES string of the molecule is C[C@H](NS(=O)(=O)NC(=O)OC(C)(C)C)c1ncc(F)cn1. The zero-order valence-electron chi connectivity index (χ0n) is 12.0. The van der Waals surface area contributed by atoms with Crippen LogP contribution in [0.3, 0.4) is 0 Å². The Labute approximate surface area is 122 Å². The Balaban J connectivity index is 2.67. The van der Waals surface area contributed by atoms with Crippen LogP contribution in [0.1, 0.15) is 39.6 Å². The molecular weight excluding hydrogens is 303 g/mol. The van der Waals surface area contributed by atoms with Gasteiger partial charge >= 0.3 is 16.3 Å². The molecule has 0 aliphatic heterocycles. The van der Waals surface area contributed by atoms with Gasteiger partial charge in [-0.25, -0.2) is 23.9 Å². The summed E-state index contributed by atoms with van der Waals surface area (Å²) in [6, 6.07) is -0.856. The van der Waals surface area contributed by atoms with Gasteiger partial charge in [0.15, 0.2) is 5.82 Å². The summed E-state index contributed by atoms with van der Waals surface area (Å²) in [6.45, 7) is 6.24. The lowest BCUT2D eigenvalue weighted by atomic mass is 10.2. The molecule has 1 aromatic rings. The quantitative estimate of drug-likeness (QED) is 0.857. The van der Waals surface area contributed by atoms with E-state index in [9.17, 15) is 17.6 Å². The smallest absolute Gasteiger partial charge is 0.422 e. The van der Waals surface area contributed by atoms with Gasteiger partial charge in [0.25, 0.3) is 0 Å². The highest BCUT2D eigenvalue weighted by Crippen LogP contribution is 2.09. The van der Waals surface area contributed by atoms with Crippen LogP contribution >= 0.6 is 0 Å². The zero-order valence-corrected chi connectivity index (χ0v) is 12.9. The van der Waals surface area contributed by atoms with Crippen molar-refractivity contribution in [2.45, 2.75) is 39.3 Å². The monoisotopic (exact) mass is 320 g/mol. The first-order valence-corrected chi connectivity index (χ1v) is 7.47. The maximum absolute atomic E-state index is 12.7. The summed E-state index contributed by atoms with van der Waals surface area (Å²) in [4.78, 5) is 18.7. The number of carbonyl (C=O) groups excluding carboxylic acids is 1. The molecule has 10 heteroatoms. The molecule has 0 fully saturated rings. The Hall–Kier alpha value is -1.81. The van der Waals surface area contributed by atoms with Gasteiger partial charge in [-0.15, -0.1) is 0 Å². The van der Waals surface area contributed by atoms with Crippen molar-refractivity contribution in [2.24, 2.45) is 0 Å². The number of ether oxygens (including phenoxy) is 1. The second-order valence-electron chi connectivity index (χ2n) is 5.21. The van der Waals surface area contributed by atoms with E-state index in [1.807, 2.05) is 0 Å². The van der Waals surface area contributed by atoms with Crippen LogP contribution in [-0.4, -0.2) is 30.1 Å². The van der Waals surface area contributed by atoms with Gasteiger partial charge in [0.2, 0.25) is 0 Å². The van der Waals surface area contributed by atoms with Crippen molar-refractivity contribution in [3.05, 3.63) is 24.0 Å². The van der Waals surface area contributed by atoms with E-state index in [2.05, 4.69) is 14.7 Å². The standard InChI is InChI=1S/C11H17FN4O4S/c1-7(9-13-5-8(12)6-14-9)15-21(18,19)16-10(17)20-11(2,3)4/h5-7,15H,1-4H3,(H,16,17)/t7-/m0/s1. The molecule has 1 rings (SSSR count). The average Bonchev–Trinajstić information content (AvgIpc) is 2.24. The predicted octanol–water partition coefficient (Wildman–Crippen LogP) is 1.04. The molecule has 0 aliphatic rings. The fraction of sp³-hybridized carbons (Fsp3) is 0.545. The van der Waals surface area contributed by atoms with Crippen LogP contribution < -0.4 is 9.44 Å². The second kappa shape index (κ2) is 6.31. The van der Waals surface area contributed by atoms with E-state index in [0.717, 1.165) is 12.4 Å². The van der Waals surface area contributed by atoms with Crippen LogP contribution in [0.25, 0.3) is 0 Å². The molecule has 1 heterocycles. The van der Waals surface area contributed by atoms with Gasteiger partial charge in [-0.1, -0.05) is 0 Å². The van der Waals surface area contributed by atoms with E-state index >= 15 is 0 Å². The molecular formula is C11H17FN4O4S. The normalized spacial score (nSPS) is 13.6. The minimum Gasteiger partial charge on any atom is -0.443 e. The molecule has 0 bridgehead atoms. The first-order valence-electron chi connectivity index (χ1n) is 5.99. The lowest BCUT2D eigenvalue weighted by Crippen LogP contribution is -2.43. The second-order valence-corrected chi connectivity index (χ2v) is 6.65. The number of halogens is 1. The Bertz CT molecular complexity index is 598. The van der Waals surface area contributed by atoms with Gasteiger partial charge in [0, 0.05) is 0 Å². The Morgan fingerprint density at radius 1 is 1.33 bits per heavy atom. The van der Waals surface area contributed by atoms with E-state index < -0.39 is 33.8 Å². The summed E-state index contributed by atoms with van der Waals surface area (Å²) in [5, 5.41) is 0. The van der Waals surface area contributed by atoms with Crippen molar-refractivity contribution in [2.75, 3.05) is 0 Å². The van der Waals surface area contributed by atoms with Gasteiger partial charge in [-0.3, -0.25) is 0 Å². The van der Waals surface area contributed by atoms with Crippen LogP contribution in [0.5, 0.6) is 0 Å². The topological polar surface area (TPSA) is 110 Å². The molecule has 1 aromatic heterocycles. The molecule has 0 saturated heterocycles. The van der Waals surface area contributed by atoms with Crippen molar-refractivity contribution in [1.29, 1.82) is 0 Å². The first kappa shape index (κ1) is 17.2. The minimum absolute atomic E-state index is 0.0611. The summed E-state index contributed by atoms with van der Waals surface area (Å²) in [6.07, 6.45) is 0.713. The fourth-order valence-corrected chi connectivity index (χ4v) is 2.16. The third kappa shape index (κ3) is 6.45. The molecule has 8 nitrogen and oxygen atoms in total. The number of hydrogen-bond donors (Lipinski definition) is 2. The highest BCUT2D eigenvalue weighted by molar-refractivity contribution is 7.88. The van der Waals surface area contributed by atoms with Gasteiger partial charge in [0.05, 0.1) is 18.4 Å². The number of nitrogens with one attached hydrogen (secondary N) is 2. The lowest BCUT2D eigenvalue weighted by molar-refractivity contribution is 0.0569. The maximum atomic E-state index is 12.7. The van der Waals surface area contributed by atoms with E-state index in [1.54, 1.807) is 25.5 Å². The largest absolute Gasteiger partial charge is 0.443 e. The third-order valence-electron chi connectivity index (χ3n) is 1.98. The summed E-state index contributed by atoms with van der Waals surface area (Å²) >= 11 is 0. The van der Waals surface area contributed by atoms with Crippen molar-refractivity contribution < 1.29 is 22.3 Å². The molecule has 0 aliphatic carbocycles. The summed E-state index contributed by atoms with van der Waals surface area (Å²) in [5.74, 6) is -0.577. The zero-order chi connectivity index (χ0) is 16.3. The van der Waals surface area contributed by atoms with E-state index in [0.29, 0.717) is 0 Å². The van der Waals surface area contributed by atoms with Crippen molar-refractivity contribution in [3.8, 4) is 0 Å². The highest BCUT2D eigenvalue weighted by Gasteiger charge is 2.23. The lowest BCUT2D eigenvalue weighted by Gasteiger charge is -2.20. The van der Waals surface area contributed by atoms with Crippen LogP contribution in [0.2, 0.25) is 0 Å². The van der Waals surface area contributed by atoms with Crippen molar-refractivity contribution >= 4 is 16.3 Å². The molecule has 118 valence electrons. The molecule has 0 aromatic carbocycles. The maximum Gasteiger partial charge on any atom is 0.422 e. The van der Waals surface area contributed by atoms with E-state index in [1.165, 1.54) is 6.92 Å². The Morgan fingerprint density at radius 2 is 1.86 bits per heavy atom. The van der Waals surface area contributed by atoms with E-state index in [4.69, 9.17) is 4.74 Å². The van der Waals surface area contributed by atoms with Crippen molar-refractivity contribution in [1.82, 2.24) is 19.4 Å². The number of carbonyl (C=O) groups is 1. The summed E-state index contributed by atoms with van der Waals surface area (Å²) < 4.78 is 44.8. The number of amides is 1. The van der Waals surface area contributed by atoms with Gasteiger partial charge < -0.3 is 4.74 Å². The van der Waals surface area contributed by atoms with Gasteiger partial charge in [-0.2, -0.15) is 13.1 Å². The van der Waals surface area contributed by atoms with Crippen LogP contribution in [0, 0.1) is 5.82 Å². The molecule has 0 unspecified atom stereocenters. The Morgan fingerprint density at radius 3 is 2.33 bits per heavy atom. The minimum atomic E-state index is -4.16.